The molecule has 0 spiro atoms. The number of aliphatic hydroxyl groups excluding tert-OH is 3. The van der Waals surface area contributed by atoms with E-state index >= 15 is 0 Å². The summed E-state index contributed by atoms with van der Waals surface area (Å²) >= 11 is 0. The first-order valence-corrected chi connectivity index (χ1v) is 3.85. The topological polar surface area (TPSA) is 104 Å². The molecule has 0 amide bonds. The predicted molar refractivity (Wildman–Crippen MR) is 45.3 cm³/mol. The Morgan fingerprint density at radius 2 is 2.14 bits per heavy atom. The van der Waals surface area contributed by atoms with Crippen molar-refractivity contribution in [3.8, 4) is 0 Å². The summed E-state index contributed by atoms with van der Waals surface area (Å²) in [6.45, 7) is -3.74. The van der Waals surface area contributed by atoms with Gasteiger partial charge in [-0.3, -0.25) is 4.79 Å². The van der Waals surface area contributed by atoms with Crippen molar-refractivity contribution in [3.63, 3.8) is 0 Å². The lowest BCUT2D eigenvalue weighted by molar-refractivity contribution is -0.149. The fourth-order valence-electron chi connectivity index (χ4n) is 0.754. The van der Waals surface area contributed by atoms with Crippen molar-refractivity contribution in [2.75, 3.05) is 6.61 Å². The molecule has 82 valence electrons. The van der Waals surface area contributed by atoms with Crippen LogP contribution in [-0.2, 0) is 14.3 Å². The van der Waals surface area contributed by atoms with E-state index in [1.807, 2.05) is 0 Å². The van der Waals surface area contributed by atoms with Crippen LogP contribution < -0.4 is 0 Å². The summed E-state index contributed by atoms with van der Waals surface area (Å²) in [5, 5.41) is 27.6. The number of carbonyl (C=O) groups is 2. The van der Waals surface area contributed by atoms with Gasteiger partial charge in [0.05, 0.1) is 6.10 Å². The van der Waals surface area contributed by atoms with Crippen molar-refractivity contribution in [1.82, 2.24) is 0 Å². The lowest BCUT2D eigenvalue weighted by Gasteiger charge is -2.20. The predicted octanol–water partition coefficient (Wildman–Crippen LogP) is -1.78. The second-order valence-corrected chi connectivity index (χ2v) is 2.63. The van der Waals surface area contributed by atoms with Crippen LogP contribution in [0.3, 0.4) is 0 Å². The molecule has 0 fully saturated rings. The molecule has 0 aromatic heterocycles. The van der Waals surface area contributed by atoms with Gasteiger partial charge in [-0.25, -0.2) is 0 Å². The Morgan fingerprint density at radius 1 is 1.50 bits per heavy atom. The molecule has 0 saturated carbocycles. The molecule has 14 heavy (non-hydrogen) atoms. The van der Waals surface area contributed by atoms with Crippen LogP contribution in [-0.4, -0.2) is 52.5 Å². The van der Waals surface area contributed by atoms with Crippen LogP contribution in [0.1, 0.15) is 17.4 Å². The van der Waals surface area contributed by atoms with E-state index in [1.54, 1.807) is 0 Å². The smallest absolute Gasteiger partial charge is 0.302 e. The zero-order chi connectivity index (χ0) is 13.6. The number of esters is 1. The molecule has 0 bridgehead atoms. The first kappa shape index (κ1) is 8.34. The first-order valence-electron chi connectivity index (χ1n) is 5.35. The van der Waals surface area contributed by atoms with Gasteiger partial charge >= 0.3 is 5.97 Å². The quantitative estimate of drug-likeness (QED) is 0.353. The fraction of sp³-hybridized carbons (Fsp3) is 0.750. The Kier molecular flexibility index (Phi) is 3.85. The monoisotopic (exact) mass is 209 g/mol. The molecular formula is C8H14O6. The highest BCUT2D eigenvalue weighted by Gasteiger charge is 2.24. The molecule has 0 aromatic rings. The van der Waals surface area contributed by atoms with Gasteiger partial charge in [-0.15, -0.1) is 0 Å². The van der Waals surface area contributed by atoms with E-state index in [9.17, 15) is 19.8 Å². The summed E-state index contributed by atoms with van der Waals surface area (Å²) in [5.41, 5.74) is 0. The average molecular weight is 209 g/mol. The van der Waals surface area contributed by atoms with Crippen LogP contribution in [0.15, 0.2) is 0 Å². The second-order valence-electron chi connectivity index (χ2n) is 2.63. The Bertz CT molecular complexity index is 266. The molecule has 3 unspecified atom stereocenters. The minimum atomic E-state index is -2.95. The summed E-state index contributed by atoms with van der Waals surface area (Å²) in [4.78, 5) is 20.8. The molecule has 3 N–H and O–H groups in total. The third-order valence-corrected chi connectivity index (χ3v) is 1.51. The van der Waals surface area contributed by atoms with E-state index in [1.165, 1.54) is 0 Å². The zero-order valence-electron chi connectivity index (χ0n) is 10.3. The standard InChI is InChI=1S/C8H14O6/c1-5(10)14-4-7(12)8(13)6(11)2-3-9/h3,6-8,11-13H,2,4H2,1H3/i1D3. The molecule has 0 aliphatic carbocycles. The second kappa shape index (κ2) is 6.47. The molecule has 0 rings (SSSR count). The zero-order valence-corrected chi connectivity index (χ0v) is 7.29. The summed E-state index contributed by atoms with van der Waals surface area (Å²) in [7, 11) is 0. The van der Waals surface area contributed by atoms with Crippen LogP contribution in [0.5, 0.6) is 0 Å². The SMILES string of the molecule is [2H]C([2H])([2H])C(=O)OCC(O)C(O)C(O)CC=O. The molecule has 6 nitrogen and oxygen atoms in total. The van der Waals surface area contributed by atoms with Crippen molar-refractivity contribution in [2.45, 2.75) is 31.6 Å². The summed E-state index contributed by atoms with van der Waals surface area (Å²) in [6, 6.07) is 0. The summed E-state index contributed by atoms with van der Waals surface area (Å²) in [5.74, 6) is -1.52. The van der Waals surface area contributed by atoms with Crippen LogP contribution in [0.25, 0.3) is 0 Å². The number of rotatable bonds is 6. The highest BCUT2D eigenvalue weighted by Crippen LogP contribution is 2.03. The van der Waals surface area contributed by atoms with Gasteiger partial charge in [-0.1, -0.05) is 0 Å². The molecule has 6 heteroatoms. The number of carbonyl (C=O) groups excluding carboxylic acids is 2. The number of aliphatic hydroxyl groups is 3. The first-order chi connectivity index (χ1) is 7.70. The van der Waals surface area contributed by atoms with E-state index in [2.05, 4.69) is 4.74 Å². The van der Waals surface area contributed by atoms with E-state index < -0.39 is 44.2 Å². The van der Waals surface area contributed by atoms with Crippen molar-refractivity contribution in [3.05, 3.63) is 0 Å². The molecular weight excluding hydrogens is 192 g/mol. The maximum absolute atomic E-state index is 10.8. The average Bonchev–Trinajstić information content (AvgIpc) is 2.23. The Morgan fingerprint density at radius 3 is 2.64 bits per heavy atom. The van der Waals surface area contributed by atoms with E-state index in [0.717, 1.165) is 0 Å². The summed E-state index contributed by atoms with van der Waals surface area (Å²) < 4.78 is 24.2. The van der Waals surface area contributed by atoms with E-state index in [4.69, 9.17) is 9.22 Å². The summed E-state index contributed by atoms with van der Waals surface area (Å²) in [6.07, 6.45) is -4.93. The van der Waals surface area contributed by atoms with Crippen molar-refractivity contribution < 1.29 is 33.8 Å². The Labute approximate surface area is 85.3 Å². The van der Waals surface area contributed by atoms with Crippen LogP contribution >= 0.6 is 0 Å². The molecule has 0 aliphatic heterocycles. The highest BCUT2D eigenvalue weighted by molar-refractivity contribution is 5.65. The van der Waals surface area contributed by atoms with E-state index in [0.29, 0.717) is 6.29 Å². The largest absolute Gasteiger partial charge is 0.463 e. The Balaban J connectivity index is 4.13. The fourth-order valence-corrected chi connectivity index (χ4v) is 0.754. The number of aldehydes is 1. The van der Waals surface area contributed by atoms with Gasteiger partial charge in [0.15, 0.2) is 0 Å². The van der Waals surface area contributed by atoms with Gasteiger partial charge in [0.25, 0.3) is 0 Å². The van der Waals surface area contributed by atoms with Gasteiger partial charge in [0.1, 0.15) is 25.1 Å². The molecule has 0 heterocycles. The van der Waals surface area contributed by atoms with Crippen LogP contribution in [0.4, 0.5) is 0 Å². The third kappa shape index (κ3) is 4.90. The lowest BCUT2D eigenvalue weighted by Crippen LogP contribution is -2.40. The normalized spacial score (nSPS) is 20.9. The molecule has 0 saturated heterocycles. The molecule has 0 aromatic carbocycles. The highest BCUT2D eigenvalue weighted by atomic mass is 16.5. The number of ether oxygens (including phenoxy) is 1. The third-order valence-electron chi connectivity index (χ3n) is 1.51. The minimum Gasteiger partial charge on any atom is -0.463 e. The lowest BCUT2D eigenvalue weighted by atomic mass is 10.1. The number of hydrogen-bond acceptors (Lipinski definition) is 6. The molecule has 3 atom stereocenters. The maximum atomic E-state index is 10.8. The number of hydrogen-bond donors (Lipinski definition) is 3. The van der Waals surface area contributed by atoms with Gasteiger partial charge in [0.2, 0.25) is 0 Å². The minimum absolute atomic E-state index is 0.342. The van der Waals surface area contributed by atoms with Gasteiger partial charge in [0, 0.05) is 17.4 Å². The Hall–Kier alpha value is -0.980. The van der Waals surface area contributed by atoms with Gasteiger partial charge in [-0.05, 0) is 0 Å². The van der Waals surface area contributed by atoms with Gasteiger partial charge < -0.3 is 24.9 Å². The van der Waals surface area contributed by atoms with Crippen molar-refractivity contribution in [2.24, 2.45) is 0 Å². The van der Waals surface area contributed by atoms with Crippen molar-refractivity contribution in [1.29, 1.82) is 0 Å². The van der Waals surface area contributed by atoms with Crippen molar-refractivity contribution >= 4 is 12.3 Å². The van der Waals surface area contributed by atoms with Crippen LogP contribution in [0, 0.1) is 0 Å². The van der Waals surface area contributed by atoms with Crippen LogP contribution in [0.2, 0.25) is 0 Å². The van der Waals surface area contributed by atoms with Gasteiger partial charge in [-0.2, -0.15) is 0 Å². The molecule has 0 radical (unpaired) electrons. The van der Waals surface area contributed by atoms with E-state index in [-0.39, 0.29) is 0 Å². The maximum Gasteiger partial charge on any atom is 0.302 e. The molecule has 0 aliphatic rings.